The number of hydrogen-bond acceptors (Lipinski definition) is 4. The lowest BCUT2D eigenvalue weighted by atomic mass is 10.2. The molecule has 0 saturated carbocycles. The number of aryl methyl sites for hydroxylation is 1. The van der Waals surface area contributed by atoms with Gasteiger partial charge in [0.1, 0.15) is 11.5 Å². The Kier molecular flexibility index (Phi) is 3.88. The number of hydrogen-bond donors (Lipinski definition) is 0. The van der Waals surface area contributed by atoms with Crippen molar-refractivity contribution in [3.05, 3.63) is 23.7 Å². The average Bonchev–Trinajstić information content (AvgIpc) is 3.07. The van der Waals surface area contributed by atoms with Crippen LogP contribution >= 0.6 is 0 Å². The molecule has 5 nitrogen and oxygen atoms in total. The van der Waals surface area contributed by atoms with E-state index >= 15 is 0 Å². The number of ether oxygens (including phenoxy) is 1. The molecule has 0 unspecified atom stereocenters. The van der Waals surface area contributed by atoms with E-state index in [-0.39, 0.29) is 17.7 Å². The van der Waals surface area contributed by atoms with Crippen molar-refractivity contribution in [3.8, 4) is 0 Å². The molecule has 3 rings (SSSR count). The Labute approximate surface area is 119 Å². The molecule has 2 aliphatic rings. The van der Waals surface area contributed by atoms with E-state index in [9.17, 15) is 8.42 Å². The third-order valence-electron chi connectivity index (χ3n) is 4.12. The van der Waals surface area contributed by atoms with Crippen molar-refractivity contribution in [2.24, 2.45) is 5.92 Å². The van der Waals surface area contributed by atoms with Crippen LogP contribution in [0.2, 0.25) is 0 Å². The highest BCUT2D eigenvalue weighted by Gasteiger charge is 2.38. The van der Waals surface area contributed by atoms with E-state index in [1.54, 1.807) is 4.31 Å². The normalized spacial score (nSPS) is 28.2. The molecule has 3 heterocycles. The molecule has 0 amide bonds. The molecule has 6 heteroatoms. The Hall–Kier alpha value is -0.850. The van der Waals surface area contributed by atoms with Crippen molar-refractivity contribution in [2.75, 3.05) is 25.5 Å². The number of rotatable bonds is 4. The fourth-order valence-electron chi connectivity index (χ4n) is 3.10. The van der Waals surface area contributed by atoms with Gasteiger partial charge in [0.2, 0.25) is 10.0 Å². The molecule has 0 bridgehead atoms. The summed E-state index contributed by atoms with van der Waals surface area (Å²) in [5.41, 5.74) is 0. The van der Waals surface area contributed by atoms with Crippen LogP contribution in [-0.2, 0) is 14.8 Å². The Morgan fingerprint density at radius 2 is 2.20 bits per heavy atom. The molecule has 1 aromatic heterocycles. The molecular weight excluding hydrogens is 278 g/mol. The number of nitrogens with zero attached hydrogens (tertiary/aromatic N) is 1. The molecule has 2 aliphatic heterocycles. The summed E-state index contributed by atoms with van der Waals surface area (Å²) in [5.74, 6) is 1.93. The fourth-order valence-corrected chi connectivity index (χ4v) is 5.15. The summed E-state index contributed by atoms with van der Waals surface area (Å²) in [6, 6.07) is 3.66. The predicted octanol–water partition coefficient (Wildman–Crippen LogP) is 2.09. The van der Waals surface area contributed by atoms with Crippen LogP contribution in [0.3, 0.4) is 0 Å². The van der Waals surface area contributed by atoms with Crippen LogP contribution in [0.25, 0.3) is 0 Å². The lowest BCUT2D eigenvalue weighted by molar-refractivity contribution is 0.188. The first-order valence-electron chi connectivity index (χ1n) is 7.20. The van der Waals surface area contributed by atoms with E-state index in [4.69, 9.17) is 9.15 Å². The molecule has 0 aromatic carbocycles. The van der Waals surface area contributed by atoms with E-state index in [0.29, 0.717) is 19.8 Å². The fraction of sp³-hybridized carbons (Fsp3) is 0.714. The van der Waals surface area contributed by atoms with Gasteiger partial charge in [0.25, 0.3) is 0 Å². The van der Waals surface area contributed by atoms with Crippen molar-refractivity contribution in [1.29, 1.82) is 0 Å². The van der Waals surface area contributed by atoms with Crippen molar-refractivity contribution in [3.63, 3.8) is 0 Å². The average molecular weight is 299 g/mol. The smallest absolute Gasteiger partial charge is 0.215 e. The van der Waals surface area contributed by atoms with Gasteiger partial charge in [-0.15, -0.1) is 0 Å². The standard InChI is InChI=1S/C14H21NO4S/c1-11-4-5-14(19-11)13-3-2-7-15(13)20(16,17)10-12-6-8-18-9-12/h4-5,12-13H,2-3,6-10H2,1H3/t12-,13+/m0/s1. The molecule has 2 saturated heterocycles. The summed E-state index contributed by atoms with van der Waals surface area (Å²) < 4.78 is 37.8. The minimum absolute atomic E-state index is 0.129. The third-order valence-corrected chi connectivity index (χ3v) is 6.17. The third kappa shape index (κ3) is 2.77. The quantitative estimate of drug-likeness (QED) is 0.854. The highest BCUT2D eigenvalue weighted by atomic mass is 32.2. The summed E-state index contributed by atoms with van der Waals surface area (Å²) in [4.78, 5) is 0. The maximum absolute atomic E-state index is 12.6. The van der Waals surface area contributed by atoms with Crippen LogP contribution in [0.1, 0.15) is 36.8 Å². The monoisotopic (exact) mass is 299 g/mol. The Morgan fingerprint density at radius 1 is 1.35 bits per heavy atom. The molecule has 1 aromatic rings. The predicted molar refractivity (Wildman–Crippen MR) is 74.8 cm³/mol. The van der Waals surface area contributed by atoms with Crippen LogP contribution in [0, 0.1) is 12.8 Å². The SMILES string of the molecule is Cc1ccc([C@H]2CCCN2S(=O)(=O)C[C@H]2CCOC2)o1. The van der Waals surface area contributed by atoms with Gasteiger partial charge in [0, 0.05) is 13.2 Å². The van der Waals surface area contributed by atoms with Gasteiger partial charge in [0.15, 0.2) is 0 Å². The summed E-state index contributed by atoms with van der Waals surface area (Å²) in [6.07, 6.45) is 2.58. The van der Waals surface area contributed by atoms with Crippen molar-refractivity contribution in [1.82, 2.24) is 4.31 Å². The molecule has 0 aliphatic carbocycles. The second kappa shape index (κ2) is 5.50. The maximum Gasteiger partial charge on any atom is 0.215 e. The first-order valence-corrected chi connectivity index (χ1v) is 8.81. The number of furan rings is 1. The topological polar surface area (TPSA) is 59.8 Å². The van der Waals surface area contributed by atoms with E-state index < -0.39 is 10.0 Å². The van der Waals surface area contributed by atoms with Gasteiger partial charge in [-0.1, -0.05) is 0 Å². The molecule has 2 fully saturated rings. The van der Waals surface area contributed by atoms with Crippen LogP contribution in [0.5, 0.6) is 0 Å². The molecule has 0 spiro atoms. The first kappa shape index (κ1) is 14.1. The lowest BCUT2D eigenvalue weighted by Crippen LogP contribution is -2.35. The van der Waals surface area contributed by atoms with E-state index in [1.165, 1.54) is 0 Å². The number of sulfonamides is 1. The summed E-state index contributed by atoms with van der Waals surface area (Å²) >= 11 is 0. The van der Waals surface area contributed by atoms with Gasteiger partial charge in [-0.25, -0.2) is 8.42 Å². The van der Waals surface area contributed by atoms with Crippen molar-refractivity contribution < 1.29 is 17.6 Å². The van der Waals surface area contributed by atoms with Crippen molar-refractivity contribution in [2.45, 2.75) is 32.2 Å². The Morgan fingerprint density at radius 3 is 2.85 bits per heavy atom. The zero-order chi connectivity index (χ0) is 14.2. The van der Waals surface area contributed by atoms with Gasteiger partial charge in [-0.05, 0) is 44.2 Å². The van der Waals surface area contributed by atoms with Gasteiger partial charge in [-0.3, -0.25) is 0 Å². The van der Waals surface area contributed by atoms with Crippen LogP contribution in [0.15, 0.2) is 16.5 Å². The molecule has 0 radical (unpaired) electrons. The molecule has 20 heavy (non-hydrogen) atoms. The first-order chi connectivity index (χ1) is 9.56. The summed E-state index contributed by atoms with van der Waals surface area (Å²) in [5, 5.41) is 0. The van der Waals surface area contributed by atoms with E-state index in [1.807, 2.05) is 19.1 Å². The van der Waals surface area contributed by atoms with Gasteiger partial charge < -0.3 is 9.15 Å². The van der Waals surface area contributed by atoms with Gasteiger partial charge in [-0.2, -0.15) is 4.31 Å². The second-order valence-electron chi connectivity index (χ2n) is 5.73. The van der Waals surface area contributed by atoms with Crippen LogP contribution < -0.4 is 0 Å². The van der Waals surface area contributed by atoms with Crippen LogP contribution in [0.4, 0.5) is 0 Å². The van der Waals surface area contributed by atoms with Crippen LogP contribution in [-0.4, -0.2) is 38.2 Å². The minimum Gasteiger partial charge on any atom is -0.465 e. The van der Waals surface area contributed by atoms with Gasteiger partial charge in [0.05, 0.1) is 18.4 Å². The van der Waals surface area contributed by atoms with Gasteiger partial charge >= 0.3 is 0 Å². The van der Waals surface area contributed by atoms with E-state index in [2.05, 4.69) is 0 Å². The molecular formula is C14H21NO4S. The molecule has 0 N–H and O–H groups in total. The van der Waals surface area contributed by atoms with Crippen molar-refractivity contribution >= 4 is 10.0 Å². The maximum atomic E-state index is 12.6. The largest absolute Gasteiger partial charge is 0.465 e. The molecule has 2 atom stereocenters. The Balaban J connectivity index is 1.77. The second-order valence-corrected chi connectivity index (χ2v) is 7.69. The summed E-state index contributed by atoms with van der Waals surface area (Å²) in [6.45, 7) is 3.73. The minimum atomic E-state index is -3.24. The zero-order valence-electron chi connectivity index (χ0n) is 11.7. The Bertz CT molecular complexity index is 559. The van der Waals surface area contributed by atoms with E-state index in [0.717, 1.165) is 30.8 Å². The highest BCUT2D eigenvalue weighted by Crippen LogP contribution is 2.36. The highest BCUT2D eigenvalue weighted by molar-refractivity contribution is 7.89. The zero-order valence-corrected chi connectivity index (χ0v) is 12.6. The molecule has 112 valence electrons. The lowest BCUT2D eigenvalue weighted by Gasteiger charge is -2.23. The summed E-state index contributed by atoms with van der Waals surface area (Å²) in [7, 11) is -3.24.